The maximum Gasteiger partial charge on any atom is 0.410 e. The van der Waals surface area contributed by atoms with Crippen molar-refractivity contribution in [2.45, 2.75) is 45.1 Å². The van der Waals surface area contributed by atoms with E-state index in [0.29, 0.717) is 31.5 Å². The number of nitrogens with zero attached hydrogens (tertiary/aromatic N) is 1. The Bertz CT molecular complexity index is 600. The molecular formula is C18H25NO5. The molecule has 0 spiro atoms. The summed E-state index contributed by atoms with van der Waals surface area (Å²) >= 11 is 0. The molecule has 1 fully saturated rings. The van der Waals surface area contributed by atoms with Crippen LogP contribution in [0.4, 0.5) is 4.79 Å². The summed E-state index contributed by atoms with van der Waals surface area (Å²) in [5, 5.41) is 19.6. The van der Waals surface area contributed by atoms with Crippen LogP contribution in [0.2, 0.25) is 0 Å². The minimum Gasteiger partial charge on any atom is -0.508 e. The van der Waals surface area contributed by atoms with Crippen molar-refractivity contribution in [2.24, 2.45) is 5.92 Å². The summed E-state index contributed by atoms with van der Waals surface area (Å²) < 4.78 is 5.35. The number of carbonyl (C=O) groups excluding carboxylic acids is 1. The molecule has 1 aliphatic rings. The summed E-state index contributed by atoms with van der Waals surface area (Å²) in [7, 11) is 0. The number of carboxylic acid groups (broad SMARTS) is 1. The van der Waals surface area contributed by atoms with Crippen LogP contribution in [0.3, 0.4) is 0 Å². The lowest BCUT2D eigenvalue weighted by molar-refractivity contribution is -0.140. The third kappa shape index (κ3) is 4.40. The number of amides is 1. The van der Waals surface area contributed by atoms with Gasteiger partial charge in [-0.05, 0) is 45.6 Å². The van der Waals surface area contributed by atoms with Crippen molar-refractivity contribution in [1.82, 2.24) is 4.90 Å². The summed E-state index contributed by atoms with van der Waals surface area (Å²) in [5.41, 5.74) is -0.117. The molecule has 1 heterocycles. The van der Waals surface area contributed by atoms with Gasteiger partial charge in [0.2, 0.25) is 0 Å². The van der Waals surface area contributed by atoms with Crippen LogP contribution in [0.25, 0.3) is 0 Å². The van der Waals surface area contributed by atoms with Crippen LogP contribution in [0.5, 0.6) is 5.75 Å². The van der Waals surface area contributed by atoms with Gasteiger partial charge in [0.25, 0.3) is 0 Å². The van der Waals surface area contributed by atoms with Gasteiger partial charge >= 0.3 is 12.1 Å². The summed E-state index contributed by atoms with van der Waals surface area (Å²) in [6.07, 6.45) is 0.755. The van der Waals surface area contributed by atoms with E-state index in [-0.39, 0.29) is 17.8 Å². The normalized spacial score (nSPS) is 17.4. The number of aromatic hydroxyl groups is 1. The Hall–Kier alpha value is -2.24. The van der Waals surface area contributed by atoms with Gasteiger partial charge in [-0.3, -0.25) is 4.79 Å². The Morgan fingerprint density at radius 2 is 1.79 bits per heavy atom. The molecule has 0 aliphatic carbocycles. The van der Waals surface area contributed by atoms with Gasteiger partial charge in [0.15, 0.2) is 0 Å². The molecular weight excluding hydrogens is 310 g/mol. The first kappa shape index (κ1) is 18.1. The molecule has 6 nitrogen and oxygen atoms in total. The number of hydrogen-bond donors (Lipinski definition) is 2. The highest BCUT2D eigenvalue weighted by Gasteiger charge is 2.35. The minimum absolute atomic E-state index is 0.000489. The quantitative estimate of drug-likeness (QED) is 0.885. The molecule has 1 aliphatic heterocycles. The fourth-order valence-corrected chi connectivity index (χ4v) is 3.08. The molecule has 2 N–H and O–H groups in total. The summed E-state index contributed by atoms with van der Waals surface area (Å²) in [6, 6.07) is 6.54. The molecule has 6 heteroatoms. The highest BCUT2D eigenvalue weighted by molar-refractivity contribution is 5.77. The zero-order valence-corrected chi connectivity index (χ0v) is 14.4. The zero-order chi connectivity index (χ0) is 17.9. The molecule has 1 saturated heterocycles. The fraction of sp³-hybridized carbons (Fsp3) is 0.556. The number of piperidine rings is 1. The zero-order valence-electron chi connectivity index (χ0n) is 14.4. The average molecular weight is 335 g/mol. The Balaban J connectivity index is 2.05. The summed E-state index contributed by atoms with van der Waals surface area (Å²) in [4.78, 5) is 25.5. The van der Waals surface area contributed by atoms with Gasteiger partial charge < -0.3 is 19.8 Å². The predicted molar refractivity (Wildman–Crippen MR) is 89.0 cm³/mol. The SMILES string of the molecule is CC(C)(C)OC(=O)N1CCC(C(C(=O)O)c2ccccc2O)CC1. The number of benzene rings is 1. The Labute approximate surface area is 142 Å². The van der Waals surface area contributed by atoms with Gasteiger partial charge in [-0.25, -0.2) is 4.79 Å². The standard InChI is InChI=1S/C18H25NO5/c1-18(2,3)24-17(23)19-10-8-12(9-11-19)15(16(21)22)13-6-4-5-7-14(13)20/h4-7,12,15,20H,8-11H2,1-3H3,(H,21,22). The van der Waals surface area contributed by atoms with E-state index in [1.165, 1.54) is 6.07 Å². The van der Waals surface area contributed by atoms with E-state index < -0.39 is 17.5 Å². The Morgan fingerprint density at radius 3 is 2.29 bits per heavy atom. The van der Waals surface area contributed by atoms with E-state index in [0.717, 1.165) is 0 Å². The van der Waals surface area contributed by atoms with E-state index in [9.17, 15) is 19.8 Å². The Kier molecular flexibility index (Phi) is 5.36. The number of carboxylic acids is 1. The summed E-state index contributed by atoms with van der Waals surface area (Å²) in [6.45, 7) is 6.36. The van der Waals surface area contributed by atoms with E-state index in [1.54, 1.807) is 23.1 Å². The highest BCUT2D eigenvalue weighted by atomic mass is 16.6. The van der Waals surface area contributed by atoms with Crippen LogP contribution >= 0.6 is 0 Å². The lowest BCUT2D eigenvalue weighted by Crippen LogP contribution is -2.43. The Morgan fingerprint density at radius 1 is 1.21 bits per heavy atom. The number of para-hydroxylation sites is 1. The van der Waals surface area contributed by atoms with Crippen LogP contribution in [0, 0.1) is 5.92 Å². The van der Waals surface area contributed by atoms with Crippen molar-refractivity contribution in [1.29, 1.82) is 0 Å². The minimum atomic E-state index is -0.952. The lowest BCUT2D eigenvalue weighted by atomic mass is 9.80. The highest BCUT2D eigenvalue weighted by Crippen LogP contribution is 2.37. The third-order valence-electron chi connectivity index (χ3n) is 4.20. The first-order chi connectivity index (χ1) is 11.2. The monoisotopic (exact) mass is 335 g/mol. The van der Waals surface area contributed by atoms with Crippen molar-refractivity contribution >= 4 is 12.1 Å². The van der Waals surface area contributed by atoms with Crippen molar-refractivity contribution in [2.75, 3.05) is 13.1 Å². The number of rotatable bonds is 3. The maximum atomic E-state index is 12.1. The van der Waals surface area contributed by atoms with Gasteiger partial charge in [-0.15, -0.1) is 0 Å². The van der Waals surface area contributed by atoms with Crippen molar-refractivity contribution in [3.63, 3.8) is 0 Å². The molecule has 0 aromatic heterocycles. The van der Waals surface area contributed by atoms with Crippen LogP contribution in [0.1, 0.15) is 45.1 Å². The largest absolute Gasteiger partial charge is 0.508 e. The van der Waals surface area contributed by atoms with Crippen molar-refractivity contribution < 1.29 is 24.5 Å². The second-order valence-electron chi connectivity index (χ2n) is 7.18. The third-order valence-corrected chi connectivity index (χ3v) is 4.20. The number of phenols is 1. The average Bonchev–Trinajstić information content (AvgIpc) is 2.48. The molecule has 1 aromatic carbocycles. The molecule has 1 aromatic rings. The van der Waals surface area contributed by atoms with E-state index in [2.05, 4.69) is 0 Å². The number of carbonyl (C=O) groups is 2. The number of likely N-dealkylation sites (tertiary alicyclic amines) is 1. The molecule has 132 valence electrons. The predicted octanol–water partition coefficient (Wildman–Crippen LogP) is 3.21. The number of phenolic OH excluding ortho intramolecular Hbond substituents is 1. The topological polar surface area (TPSA) is 87.1 Å². The number of ether oxygens (including phenoxy) is 1. The van der Waals surface area contributed by atoms with Crippen LogP contribution in [-0.4, -0.2) is 45.9 Å². The van der Waals surface area contributed by atoms with Crippen molar-refractivity contribution in [3.05, 3.63) is 29.8 Å². The molecule has 2 rings (SSSR count). The van der Waals surface area contributed by atoms with Crippen LogP contribution < -0.4 is 0 Å². The van der Waals surface area contributed by atoms with Gasteiger partial charge in [0.05, 0.1) is 5.92 Å². The molecule has 0 bridgehead atoms. The molecule has 1 amide bonds. The maximum absolute atomic E-state index is 12.1. The van der Waals surface area contributed by atoms with Gasteiger partial charge in [-0.1, -0.05) is 18.2 Å². The van der Waals surface area contributed by atoms with Gasteiger partial charge in [0, 0.05) is 18.7 Å². The first-order valence-electron chi connectivity index (χ1n) is 8.17. The van der Waals surface area contributed by atoms with E-state index in [4.69, 9.17) is 4.74 Å². The smallest absolute Gasteiger partial charge is 0.410 e. The fourth-order valence-electron chi connectivity index (χ4n) is 3.08. The first-order valence-corrected chi connectivity index (χ1v) is 8.17. The van der Waals surface area contributed by atoms with E-state index >= 15 is 0 Å². The number of aliphatic carboxylic acids is 1. The molecule has 0 radical (unpaired) electrons. The summed E-state index contributed by atoms with van der Waals surface area (Å²) in [5.74, 6) is -1.85. The molecule has 24 heavy (non-hydrogen) atoms. The second kappa shape index (κ2) is 7.11. The van der Waals surface area contributed by atoms with Gasteiger partial charge in [-0.2, -0.15) is 0 Å². The number of hydrogen-bond acceptors (Lipinski definition) is 4. The lowest BCUT2D eigenvalue weighted by Gasteiger charge is -2.35. The van der Waals surface area contributed by atoms with Crippen molar-refractivity contribution in [3.8, 4) is 5.75 Å². The van der Waals surface area contributed by atoms with Gasteiger partial charge in [0.1, 0.15) is 11.4 Å². The molecule has 1 unspecified atom stereocenters. The molecule has 0 saturated carbocycles. The molecule has 1 atom stereocenters. The van der Waals surface area contributed by atoms with Crippen LogP contribution in [0.15, 0.2) is 24.3 Å². The van der Waals surface area contributed by atoms with Crippen LogP contribution in [-0.2, 0) is 9.53 Å². The van der Waals surface area contributed by atoms with E-state index in [1.807, 2.05) is 20.8 Å². The second-order valence-corrected chi connectivity index (χ2v) is 7.18.